The van der Waals surface area contributed by atoms with Gasteiger partial charge in [-0.2, -0.15) is 13.2 Å². The van der Waals surface area contributed by atoms with E-state index >= 15 is 0 Å². The van der Waals surface area contributed by atoms with Crippen LogP contribution >= 0.6 is 0 Å². The average Bonchev–Trinajstić information content (AvgIpc) is 2.07. The molecule has 0 heterocycles. The first-order chi connectivity index (χ1) is 6.45. The quantitative estimate of drug-likeness (QED) is 0.725. The second kappa shape index (κ2) is 3.88. The van der Waals surface area contributed by atoms with Crippen LogP contribution in [0.3, 0.4) is 0 Å². The van der Waals surface area contributed by atoms with Crippen LogP contribution in [0.5, 0.6) is 0 Å². The van der Waals surface area contributed by atoms with E-state index in [9.17, 15) is 13.2 Å². The molecule has 14 heavy (non-hydrogen) atoms. The molecule has 78 valence electrons. The minimum Gasteiger partial charge on any atom is -0.372 e. The summed E-state index contributed by atoms with van der Waals surface area (Å²) in [4.78, 5) is 0. The molecule has 0 amide bonds. The molecule has 3 N–H and O–H groups in total. The molecule has 0 fully saturated rings. The molecular formula is C9H11F3N2. The van der Waals surface area contributed by atoms with Crippen LogP contribution in [0.1, 0.15) is 11.1 Å². The van der Waals surface area contributed by atoms with Crippen LogP contribution in [0.25, 0.3) is 0 Å². The van der Waals surface area contributed by atoms with Crippen molar-refractivity contribution >= 4 is 5.69 Å². The number of benzene rings is 1. The van der Waals surface area contributed by atoms with Crippen LogP contribution in [-0.4, -0.2) is 6.67 Å². The number of nitrogens with two attached hydrogens (primary N) is 1. The topological polar surface area (TPSA) is 38.0 Å². The second-order valence-electron chi connectivity index (χ2n) is 2.91. The van der Waals surface area contributed by atoms with Gasteiger partial charge in [-0.25, -0.2) is 0 Å². The van der Waals surface area contributed by atoms with E-state index in [1.54, 1.807) is 6.92 Å². The van der Waals surface area contributed by atoms with Crippen molar-refractivity contribution in [3.8, 4) is 0 Å². The van der Waals surface area contributed by atoms with Gasteiger partial charge in [0, 0.05) is 5.69 Å². The van der Waals surface area contributed by atoms with Gasteiger partial charge in [0.1, 0.15) is 0 Å². The molecule has 0 aliphatic carbocycles. The minimum atomic E-state index is -4.29. The average molecular weight is 204 g/mol. The van der Waals surface area contributed by atoms with Gasteiger partial charge in [-0.1, -0.05) is 0 Å². The summed E-state index contributed by atoms with van der Waals surface area (Å²) < 4.78 is 36.7. The molecule has 0 saturated carbocycles. The summed E-state index contributed by atoms with van der Waals surface area (Å²) in [6, 6.07) is 3.51. The zero-order valence-electron chi connectivity index (χ0n) is 7.65. The molecule has 0 saturated heterocycles. The number of rotatable bonds is 2. The Balaban J connectivity index is 3.01. The molecule has 2 nitrogen and oxygen atoms in total. The van der Waals surface area contributed by atoms with Crippen molar-refractivity contribution in [3.63, 3.8) is 0 Å². The van der Waals surface area contributed by atoms with E-state index in [1.807, 2.05) is 0 Å². The van der Waals surface area contributed by atoms with Crippen molar-refractivity contribution in [2.75, 3.05) is 12.0 Å². The Morgan fingerprint density at radius 3 is 2.43 bits per heavy atom. The summed E-state index contributed by atoms with van der Waals surface area (Å²) in [7, 11) is 0. The van der Waals surface area contributed by atoms with Crippen LogP contribution in [0.15, 0.2) is 18.2 Å². The highest BCUT2D eigenvalue weighted by Crippen LogP contribution is 2.31. The van der Waals surface area contributed by atoms with E-state index in [4.69, 9.17) is 5.73 Å². The monoisotopic (exact) mass is 204 g/mol. The van der Waals surface area contributed by atoms with Crippen molar-refractivity contribution < 1.29 is 13.2 Å². The highest BCUT2D eigenvalue weighted by Gasteiger charge is 2.30. The highest BCUT2D eigenvalue weighted by molar-refractivity contribution is 5.52. The SMILES string of the molecule is Cc1cc(C(F)(F)F)ccc1NCN. The first kappa shape index (κ1) is 10.8. The number of alkyl halides is 3. The maximum atomic E-state index is 12.2. The maximum absolute atomic E-state index is 12.2. The lowest BCUT2D eigenvalue weighted by molar-refractivity contribution is -0.137. The predicted molar refractivity (Wildman–Crippen MR) is 48.9 cm³/mol. The summed E-state index contributed by atoms with van der Waals surface area (Å²) in [6.07, 6.45) is -4.29. The van der Waals surface area contributed by atoms with E-state index in [0.29, 0.717) is 11.3 Å². The van der Waals surface area contributed by atoms with Crippen LogP contribution in [0, 0.1) is 6.92 Å². The maximum Gasteiger partial charge on any atom is 0.416 e. The molecular weight excluding hydrogens is 193 g/mol. The summed E-state index contributed by atoms with van der Waals surface area (Å²) in [5.74, 6) is 0. The van der Waals surface area contributed by atoms with Gasteiger partial charge in [0.05, 0.1) is 12.2 Å². The smallest absolute Gasteiger partial charge is 0.372 e. The van der Waals surface area contributed by atoms with Crippen molar-refractivity contribution in [1.82, 2.24) is 0 Å². The van der Waals surface area contributed by atoms with Gasteiger partial charge in [-0.3, -0.25) is 0 Å². The number of hydrogen-bond acceptors (Lipinski definition) is 2. The standard InChI is InChI=1S/C9H11F3N2/c1-6-4-7(9(10,11)12)2-3-8(6)14-5-13/h2-4,14H,5,13H2,1H3. The van der Waals surface area contributed by atoms with E-state index in [2.05, 4.69) is 5.32 Å². The molecule has 0 spiro atoms. The number of halogens is 3. The summed E-state index contributed by atoms with van der Waals surface area (Å²) >= 11 is 0. The normalized spacial score (nSPS) is 11.5. The highest BCUT2D eigenvalue weighted by atomic mass is 19.4. The summed E-state index contributed by atoms with van der Waals surface area (Å²) in [6.45, 7) is 1.80. The van der Waals surface area contributed by atoms with E-state index < -0.39 is 11.7 Å². The molecule has 1 aromatic carbocycles. The lowest BCUT2D eigenvalue weighted by atomic mass is 10.1. The second-order valence-corrected chi connectivity index (χ2v) is 2.91. The third kappa shape index (κ3) is 2.38. The van der Waals surface area contributed by atoms with Gasteiger partial charge >= 0.3 is 6.18 Å². The third-order valence-corrected chi connectivity index (χ3v) is 1.85. The number of nitrogens with one attached hydrogen (secondary N) is 1. The van der Waals surface area contributed by atoms with Crippen LogP contribution < -0.4 is 11.1 Å². The van der Waals surface area contributed by atoms with Crippen LogP contribution in [0.4, 0.5) is 18.9 Å². The van der Waals surface area contributed by atoms with Gasteiger partial charge in [0.2, 0.25) is 0 Å². The van der Waals surface area contributed by atoms with Crippen molar-refractivity contribution in [1.29, 1.82) is 0 Å². The van der Waals surface area contributed by atoms with Crippen molar-refractivity contribution in [3.05, 3.63) is 29.3 Å². The van der Waals surface area contributed by atoms with Crippen molar-refractivity contribution in [2.24, 2.45) is 5.73 Å². The predicted octanol–water partition coefficient (Wildman–Crippen LogP) is 2.34. The fourth-order valence-corrected chi connectivity index (χ4v) is 1.15. The number of hydrogen-bond donors (Lipinski definition) is 2. The zero-order chi connectivity index (χ0) is 10.8. The Bertz CT molecular complexity index is 320. The molecule has 1 aromatic rings. The molecule has 0 aliphatic rings. The van der Waals surface area contributed by atoms with Gasteiger partial charge in [0.15, 0.2) is 0 Å². The van der Waals surface area contributed by atoms with Gasteiger partial charge < -0.3 is 11.1 Å². The fourth-order valence-electron chi connectivity index (χ4n) is 1.15. The molecule has 0 radical (unpaired) electrons. The number of anilines is 1. The Hall–Kier alpha value is -1.23. The molecule has 5 heteroatoms. The summed E-state index contributed by atoms with van der Waals surface area (Å²) in [5.41, 5.74) is 5.74. The minimum absolute atomic E-state index is 0.201. The Labute approximate surface area is 79.9 Å². The number of aryl methyl sites for hydroxylation is 1. The van der Waals surface area contributed by atoms with Crippen LogP contribution in [0.2, 0.25) is 0 Å². The molecule has 0 atom stereocenters. The fraction of sp³-hybridized carbons (Fsp3) is 0.333. The van der Waals surface area contributed by atoms with Crippen molar-refractivity contribution in [2.45, 2.75) is 13.1 Å². The molecule has 0 aromatic heterocycles. The summed E-state index contributed by atoms with van der Waals surface area (Å²) in [5, 5.41) is 2.76. The third-order valence-electron chi connectivity index (χ3n) is 1.85. The van der Waals surface area contributed by atoms with E-state index in [-0.39, 0.29) is 6.67 Å². The van der Waals surface area contributed by atoms with Crippen LogP contribution in [-0.2, 0) is 6.18 Å². The zero-order valence-corrected chi connectivity index (χ0v) is 7.65. The Kier molecular flexibility index (Phi) is 3.00. The lowest BCUT2D eigenvalue weighted by Crippen LogP contribution is -2.12. The van der Waals surface area contributed by atoms with E-state index in [1.165, 1.54) is 6.07 Å². The molecule has 1 rings (SSSR count). The van der Waals surface area contributed by atoms with Gasteiger partial charge in [0.25, 0.3) is 0 Å². The molecule has 0 bridgehead atoms. The molecule has 0 unspecified atom stereocenters. The Morgan fingerprint density at radius 2 is 2.00 bits per heavy atom. The molecule has 0 aliphatic heterocycles. The van der Waals surface area contributed by atoms with E-state index in [0.717, 1.165) is 12.1 Å². The first-order valence-electron chi connectivity index (χ1n) is 4.07. The first-order valence-corrected chi connectivity index (χ1v) is 4.07. The lowest BCUT2D eigenvalue weighted by Gasteiger charge is -2.11. The van der Waals surface area contributed by atoms with Gasteiger partial charge in [-0.05, 0) is 30.7 Å². The Morgan fingerprint density at radius 1 is 1.36 bits per heavy atom. The van der Waals surface area contributed by atoms with Gasteiger partial charge in [-0.15, -0.1) is 0 Å². The largest absolute Gasteiger partial charge is 0.416 e.